The zero-order valence-corrected chi connectivity index (χ0v) is 11.9. The third-order valence-electron chi connectivity index (χ3n) is 3.74. The van der Waals surface area contributed by atoms with Gasteiger partial charge in [-0.05, 0) is 32.6 Å². The lowest BCUT2D eigenvalue weighted by molar-refractivity contribution is 0.423. The Hall–Kier alpha value is -0.300. The number of unbranched alkanes of at least 4 members (excludes halogenated alkanes) is 3. The van der Waals surface area contributed by atoms with Gasteiger partial charge in [-0.25, -0.2) is 0 Å². The van der Waals surface area contributed by atoms with E-state index in [0.29, 0.717) is 12.1 Å². The summed E-state index contributed by atoms with van der Waals surface area (Å²) in [4.78, 5) is 0. The second-order valence-corrected chi connectivity index (χ2v) is 5.59. The number of hydrogen-bond donors (Lipinski definition) is 1. The van der Waals surface area contributed by atoms with E-state index < -0.39 is 0 Å². The largest absolute Gasteiger partial charge is 0.308 e. The molecule has 0 spiro atoms. The van der Waals surface area contributed by atoms with Crippen molar-refractivity contribution < 1.29 is 0 Å². The zero-order chi connectivity index (χ0) is 12.3. The fourth-order valence-electron chi connectivity index (χ4n) is 2.62. The van der Waals surface area contributed by atoms with Crippen LogP contribution in [0.2, 0.25) is 0 Å². The van der Waals surface area contributed by atoms with Crippen LogP contribution in [0.15, 0.2) is 12.2 Å². The summed E-state index contributed by atoms with van der Waals surface area (Å²) in [6.45, 7) is 4.62. The Morgan fingerprint density at radius 2 is 2.06 bits per heavy atom. The SMILES string of the molecule is CCCCCCC(C)NC1/C=C/CCCCC1. The van der Waals surface area contributed by atoms with Gasteiger partial charge in [0.1, 0.15) is 0 Å². The minimum atomic E-state index is 0.636. The highest BCUT2D eigenvalue weighted by atomic mass is 14.9. The van der Waals surface area contributed by atoms with E-state index in [1.807, 2.05) is 0 Å². The van der Waals surface area contributed by atoms with Crippen LogP contribution in [0.4, 0.5) is 0 Å². The van der Waals surface area contributed by atoms with Crippen molar-refractivity contribution in [1.29, 1.82) is 0 Å². The van der Waals surface area contributed by atoms with Crippen molar-refractivity contribution in [3.63, 3.8) is 0 Å². The number of hydrogen-bond acceptors (Lipinski definition) is 1. The Labute approximate surface area is 108 Å². The molecular weight excluding hydrogens is 206 g/mol. The van der Waals surface area contributed by atoms with Crippen LogP contribution >= 0.6 is 0 Å². The average molecular weight is 237 g/mol. The van der Waals surface area contributed by atoms with E-state index in [1.165, 1.54) is 64.2 Å². The molecule has 0 amide bonds. The summed E-state index contributed by atoms with van der Waals surface area (Å²) in [5, 5.41) is 3.78. The first kappa shape index (κ1) is 14.8. The molecule has 0 saturated carbocycles. The predicted octanol–water partition coefficient (Wildman–Crippen LogP) is 4.82. The smallest absolute Gasteiger partial charge is 0.0252 e. The van der Waals surface area contributed by atoms with Gasteiger partial charge in [0.2, 0.25) is 0 Å². The van der Waals surface area contributed by atoms with Gasteiger partial charge >= 0.3 is 0 Å². The molecular formula is C16H31N. The average Bonchev–Trinajstić information content (AvgIpc) is 2.28. The first-order chi connectivity index (χ1) is 8.33. The summed E-state index contributed by atoms with van der Waals surface area (Å²) in [7, 11) is 0. The van der Waals surface area contributed by atoms with E-state index in [4.69, 9.17) is 0 Å². The van der Waals surface area contributed by atoms with Crippen LogP contribution in [0.3, 0.4) is 0 Å². The lowest BCUT2D eigenvalue weighted by Gasteiger charge is -2.22. The molecule has 2 unspecified atom stereocenters. The van der Waals surface area contributed by atoms with E-state index in [2.05, 4.69) is 31.3 Å². The first-order valence-electron chi connectivity index (χ1n) is 7.75. The van der Waals surface area contributed by atoms with Gasteiger partial charge < -0.3 is 5.32 Å². The Kier molecular flexibility index (Phi) is 8.42. The van der Waals surface area contributed by atoms with Gasteiger partial charge in [-0.2, -0.15) is 0 Å². The molecule has 1 nitrogen and oxygen atoms in total. The highest BCUT2D eigenvalue weighted by Gasteiger charge is 2.09. The van der Waals surface area contributed by atoms with Gasteiger partial charge in [0, 0.05) is 12.1 Å². The Morgan fingerprint density at radius 3 is 2.88 bits per heavy atom. The van der Waals surface area contributed by atoms with E-state index in [0.717, 1.165) is 0 Å². The summed E-state index contributed by atoms with van der Waals surface area (Å²) in [6, 6.07) is 1.32. The van der Waals surface area contributed by atoms with Crippen LogP contribution < -0.4 is 5.32 Å². The van der Waals surface area contributed by atoms with Crippen molar-refractivity contribution in [1.82, 2.24) is 5.32 Å². The van der Waals surface area contributed by atoms with Crippen LogP contribution in [0, 0.1) is 0 Å². The highest BCUT2D eigenvalue weighted by Crippen LogP contribution is 2.13. The van der Waals surface area contributed by atoms with Gasteiger partial charge in [0.15, 0.2) is 0 Å². The Morgan fingerprint density at radius 1 is 1.18 bits per heavy atom. The molecule has 0 radical (unpaired) electrons. The fourth-order valence-corrected chi connectivity index (χ4v) is 2.62. The van der Waals surface area contributed by atoms with Crippen molar-refractivity contribution >= 4 is 0 Å². The molecule has 2 atom stereocenters. The third-order valence-corrected chi connectivity index (χ3v) is 3.74. The second-order valence-electron chi connectivity index (χ2n) is 5.59. The molecule has 0 aliphatic heterocycles. The van der Waals surface area contributed by atoms with Crippen molar-refractivity contribution in [2.75, 3.05) is 0 Å². The lowest BCUT2D eigenvalue weighted by atomic mass is 10.0. The summed E-state index contributed by atoms with van der Waals surface area (Å²) in [5.74, 6) is 0. The molecule has 0 heterocycles. The van der Waals surface area contributed by atoms with E-state index in [1.54, 1.807) is 0 Å². The molecule has 100 valence electrons. The number of allylic oxidation sites excluding steroid dienone is 1. The maximum Gasteiger partial charge on any atom is 0.0252 e. The fraction of sp³-hybridized carbons (Fsp3) is 0.875. The molecule has 1 heteroatoms. The van der Waals surface area contributed by atoms with Crippen molar-refractivity contribution in [2.24, 2.45) is 0 Å². The topological polar surface area (TPSA) is 12.0 Å². The highest BCUT2D eigenvalue weighted by molar-refractivity contribution is 4.95. The summed E-state index contributed by atoms with van der Waals surface area (Å²) in [6.07, 6.45) is 18.4. The normalized spacial score (nSPS) is 24.9. The molecule has 0 aromatic heterocycles. The van der Waals surface area contributed by atoms with Crippen molar-refractivity contribution in [2.45, 2.75) is 90.1 Å². The standard InChI is InChI=1S/C16H31N/c1-3-4-5-9-12-15(2)17-16-13-10-7-6-8-11-14-16/h10,13,15-17H,3-9,11-12,14H2,1-2H3/b13-10+. The number of nitrogens with one attached hydrogen (secondary N) is 1. The minimum Gasteiger partial charge on any atom is -0.308 e. The maximum atomic E-state index is 3.78. The van der Waals surface area contributed by atoms with Gasteiger partial charge in [-0.15, -0.1) is 0 Å². The van der Waals surface area contributed by atoms with Crippen LogP contribution in [0.25, 0.3) is 0 Å². The molecule has 17 heavy (non-hydrogen) atoms. The molecule has 1 rings (SSSR count). The van der Waals surface area contributed by atoms with Gasteiger partial charge in [0.25, 0.3) is 0 Å². The van der Waals surface area contributed by atoms with Gasteiger partial charge in [0.05, 0.1) is 0 Å². The van der Waals surface area contributed by atoms with E-state index in [9.17, 15) is 0 Å². The Bertz CT molecular complexity index is 198. The maximum absolute atomic E-state index is 3.78. The first-order valence-corrected chi connectivity index (χ1v) is 7.75. The molecule has 0 aromatic rings. The quantitative estimate of drug-likeness (QED) is 0.494. The molecule has 0 saturated heterocycles. The monoisotopic (exact) mass is 237 g/mol. The molecule has 0 fully saturated rings. The lowest BCUT2D eigenvalue weighted by Crippen LogP contribution is -2.35. The summed E-state index contributed by atoms with van der Waals surface area (Å²) in [5.41, 5.74) is 0. The van der Waals surface area contributed by atoms with Crippen LogP contribution in [0.5, 0.6) is 0 Å². The predicted molar refractivity (Wildman–Crippen MR) is 77.4 cm³/mol. The Balaban J connectivity index is 2.14. The number of rotatable bonds is 7. The zero-order valence-electron chi connectivity index (χ0n) is 11.9. The summed E-state index contributed by atoms with van der Waals surface area (Å²) < 4.78 is 0. The molecule has 1 aliphatic carbocycles. The van der Waals surface area contributed by atoms with E-state index >= 15 is 0 Å². The van der Waals surface area contributed by atoms with Crippen molar-refractivity contribution in [3.05, 3.63) is 12.2 Å². The van der Waals surface area contributed by atoms with Crippen LogP contribution in [0.1, 0.15) is 78.1 Å². The van der Waals surface area contributed by atoms with Crippen LogP contribution in [-0.4, -0.2) is 12.1 Å². The summed E-state index contributed by atoms with van der Waals surface area (Å²) >= 11 is 0. The second kappa shape index (κ2) is 9.70. The third kappa shape index (κ3) is 7.59. The van der Waals surface area contributed by atoms with Crippen LogP contribution in [-0.2, 0) is 0 Å². The minimum absolute atomic E-state index is 0.636. The van der Waals surface area contributed by atoms with Gasteiger partial charge in [-0.3, -0.25) is 0 Å². The molecule has 0 aromatic carbocycles. The molecule has 1 N–H and O–H groups in total. The molecule has 1 aliphatic rings. The van der Waals surface area contributed by atoms with E-state index in [-0.39, 0.29) is 0 Å². The molecule has 0 bridgehead atoms. The van der Waals surface area contributed by atoms with Crippen molar-refractivity contribution in [3.8, 4) is 0 Å². The van der Waals surface area contributed by atoms with Gasteiger partial charge in [-0.1, -0.05) is 57.6 Å².